The van der Waals surface area contributed by atoms with Gasteiger partial charge in [0, 0.05) is 12.4 Å². The largest absolute Gasteiger partial charge is 0.507 e. The van der Waals surface area contributed by atoms with E-state index in [0.29, 0.717) is 17.6 Å². The summed E-state index contributed by atoms with van der Waals surface area (Å²) in [6.07, 6.45) is 10.6. The summed E-state index contributed by atoms with van der Waals surface area (Å²) in [6, 6.07) is 8.01. The number of benzene rings is 1. The SMILES string of the molecule is CCCCC[C@@H](C)[C@H](C)c1cc(O)c2c(c1)OC(C)(C)C=C2c1ccncc1. The lowest BCUT2D eigenvalue weighted by Crippen LogP contribution is -2.29. The van der Waals surface area contributed by atoms with Crippen molar-refractivity contribution in [1.82, 2.24) is 4.98 Å². The number of phenols is 1. The zero-order chi connectivity index (χ0) is 20.3. The van der Waals surface area contributed by atoms with E-state index in [2.05, 4.69) is 51.7 Å². The van der Waals surface area contributed by atoms with Crippen molar-refractivity contribution in [3.63, 3.8) is 0 Å². The number of fused-ring (bicyclic) bond motifs is 1. The number of ether oxygens (including phenoxy) is 1. The second-order valence-electron chi connectivity index (χ2n) is 8.67. The average Bonchev–Trinajstić information content (AvgIpc) is 2.66. The first-order valence-corrected chi connectivity index (χ1v) is 10.5. The van der Waals surface area contributed by atoms with E-state index in [4.69, 9.17) is 4.74 Å². The Hall–Kier alpha value is -2.29. The first-order chi connectivity index (χ1) is 13.3. The molecule has 0 spiro atoms. The summed E-state index contributed by atoms with van der Waals surface area (Å²) >= 11 is 0. The molecular formula is C25H33NO2. The maximum Gasteiger partial charge on any atom is 0.132 e. The van der Waals surface area contributed by atoms with E-state index in [9.17, 15) is 5.11 Å². The van der Waals surface area contributed by atoms with Crippen molar-refractivity contribution >= 4 is 5.57 Å². The molecule has 2 atom stereocenters. The second kappa shape index (κ2) is 8.38. The number of phenolic OH excluding ortho intramolecular Hbond substituents is 1. The van der Waals surface area contributed by atoms with Crippen molar-refractivity contribution in [2.45, 2.75) is 71.8 Å². The minimum absolute atomic E-state index is 0.290. The maximum atomic E-state index is 10.9. The minimum atomic E-state index is -0.438. The molecule has 150 valence electrons. The fourth-order valence-electron chi connectivity index (χ4n) is 4.02. The van der Waals surface area contributed by atoms with Crippen LogP contribution < -0.4 is 4.74 Å². The van der Waals surface area contributed by atoms with Crippen molar-refractivity contribution < 1.29 is 9.84 Å². The molecule has 1 aromatic heterocycles. The van der Waals surface area contributed by atoms with Gasteiger partial charge in [-0.3, -0.25) is 4.98 Å². The molecule has 0 unspecified atom stereocenters. The number of rotatable bonds is 7. The molecule has 0 radical (unpaired) electrons. The number of aromatic nitrogens is 1. The van der Waals surface area contributed by atoms with Gasteiger partial charge in [-0.15, -0.1) is 0 Å². The predicted molar refractivity (Wildman–Crippen MR) is 116 cm³/mol. The van der Waals surface area contributed by atoms with Crippen molar-refractivity contribution in [1.29, 1.82) is 0 Å². The average molecular weight is 380 g/mol. The summed E-state index contributed by atoms with van der Waals surface area (Å²) in [5.74, 6) is 1.99. The van der Waals surface area contributed by atoms with Gasteiger partial charge in [0.25, 0.3) is 0 Å². The van der Waals surface area contributed by atoms with Gasteiger partial charge in [0.2, 0.25) is 0 Å². The van der Waals surface area contributed by atoms with E-state index >= 15 is 0 Å². The molecule has 2 heterocycles. The highest BCUT2D eigenvalue weighted by Crippen LogP contribution is 2.46. The standard InChI is InChI=1S/C25H33NO2/c1-6-7-8-9-17(2)18(3)20-14-22(27)24-21(19-10-12-26-13-11-19)16-25(4,5)28-23(24)15-20/h10-18,27H,6-9H2,1-5H3/t17-,18+/m1/s1. The molecule has 0 saturated heterocycles. The normalized spacial score (nSPS) is 17.2. The third-order valence-corrected chi connectivity index (χ3v) is 5.87. The number of pyridine rings is 1. The first-order valence-electron chi connectivity index (χ1n) is 10.5. The molecule has 1 aliphatic rings. The number of nitrogens with zero attached hydrogens (tertiary/aromatic N) is 1. The number of hydrogen-bond donors (Lipinski definition) is 1. The molecule has 0 aliphatic carbocycles. The van der Waals surface area contributed by atoms with Crippen LogP contribution >= 0.6 is 0 Å². The van der Waals surface area contributed by atoms with E-state index in [-0.39, 0.29) is 0 Å². The fourth-order valence-corrected chi connectivity index (χ4v) is 4.02. The Labute approximate surface area is 169 Å². The molecule has 0 saturated carbocycles. The molecular weight excluding hydrogens is 346 g/mol. The number of unbranched alkanes of at least 4 members (excludes halogenated alkanes) is 2. The molecule has 0 fully saturated rings. The van der Waals surface area contributed by atoms with Crippen molar-refractivity contribution in [3.05, 3.63) is 59.4 Å². The molecule has 3 nitrogen and oxygen atoms in total. The lowest BCUT2D eigenvalue weighted by molar-refractivity contribution is 0.157. The Bertz CT molecular complexity index is 839. The molecule has 3 rings (SSSR count). The topological polar surface area (TPSA) is 42.4 Å². The molecule has 1 N–H and O–H groups in total. The minimum Gasteiger partial charge on any atom is -0.507 e. The van der Waals surface area contributed by atoms with Gasteiger partial charge in [-0.1, -0.05) is 46.5 Å². The highest BCUT2D eigenvalue weighted by molar-refractivity contribution is 5.87. The molecule has 1 aromatic carbocycles. The van der Waals surface area contributed by atoms with Crippen LogP contribution in [-0.4, -0.2) is 15.7 Å². The van der Waals surface area contributed by atoms with Crippen molar-refractivity contribution in [3.8, 4) is 11.5 Å². The highest BCUT2D eigenvalue weighted by atomic mass is 16.5. The molecule has 2 aromatic rings. The first kappa shape index (κ1) is 20.4. The Morgan fingerprint density at radius 1 is 1.11 bits per heavy atom. The summed E-state index contributed by atoms with van der Waals surface area (Å²) in [6.45, 7) is 10.9. The molecule has 1 aliphatic heterocycles. The molecule has 0 bridgehead atoms. The van der Waals surface area contributed by atoms with Gasteiger partial charge >= 0.3 is 0 Å². The summed E-state index contributed by atoms with van der Waals surface area (Å²) in [5.41, 5.74) is 3.53. The summed E-state index contributed by atoms with van der Waals surface area (Å²) in [5, 5.41) is 10.9. The fraction of sp³-hybridized carbons (Fsp3) is 0.480. The third-order valence-electron chi connectivity index (χ3n) is 5.87. The van der Waals surface area contributed by atoms with Crippen LogP contribution in [0.5, 0.6) is 11.5 Å². The van der Waals surface area contributed by atoms with Crippen LogP contribution in [0, 0.1) is 5.92 Å². The lowest BCUT2D eigenvalue weighted by atomic mass is 9.83. The Morgan fingerprint density at radius 2 is 1.82 bits per heavy atom. The zero-order valence-electron chi connectivity index (χ0n) is 17.8. The molecule has 28 heavy (non-hydrogen) atoms. The van der Waals surface area contributed by atoms with Crippen LogP contribution in [0.2, 0.25) is 0 Å². The van der Waals surface area contributed by atoms with Crippen molar-refractivity contribution in [2.75, 3.05) is 0 Å². The summed E-state index contributed by atoms with van der Waals surface area (Å²) in [7, 11) is 0. The van der Waals surface area contributed by atoms with Crippen LogP contribution in [-0.2, 0) is 0 Å². The van der Waals surface area contributed by atoms with Gasteiger partial charge < -0.3 is 9.84 Å². The van der Waals surface area contributed by atoms with E-state index in [1.54, 1.807) is 12.4 Å². The summed E-state index contributed by atoms with van der Waals surface area (Å²) in [4.78, 5) is 4.12. The van der Waals surface area contributed by atoms with Gasteiger partial charge in [-0.05, 0) is 72.7 Å². The summed E-state index contributed by atoms with van der Waals surface area (Å²) < 4.78 is 6.27. The van der Waals surface area contributed by atoms with Gasteiger partial charge in [-0.25, -0.2) is 0 Å². The Balaban J connectivity index is 1.97. The van der Waals surface area contributed by atoms with Gasteiger partial charge in [0.15, 0.2) is 0 Å². The second-order valence-corrected chi connectivity index (χ2v) is 8.67. The van der Waals surface area contributed by atoms with E-state index in [1.165, 1.54) is 25.7 Å². The maximum absolute atomic E-state index is 10.9. The van der Waals surface area contributed by atoms with Gasteiger partial charge in [0.1, 0.15) is 17.1 Å². The van der Waals surface area contributed by atoms with E-state index < -0.39 is 5.60 Å². The van der Waals surface area contributed by atoms with Crippen LogP contribution in [0.4, 0.5) is 0 Å². The van der Waals surface area contributed by atoms with E-state index in [1.807, 2.05) is 18.2 Å². The number of hydrogen-bond acceptors (Lipinski definition) is 3. The monoisotopic (exact) mass is 379 g/mol. The Morgan fingerprint density at radius 3 is 2.50 bits per heavy atom. The van der Waals surface area contributed by atoms with Crippen LogP contribution in [0.15, 0.2) is 42.7 Å². The van der Waals surface area contributed by atoms with Crippen LogP contribution in [0.1, 0.15) is 82.9 Å². The van der Waals surface area contributed by atoms with Gasteiger partial charge in [0.05, 0.1) is 5.56 Å². The zero-order valence-corrected chi connectivity index (χ0v) is 17.8. The van der Waals surface area contributed by atoms with Crippen LogP contribution in [0.3, 0.4) is 0 Å². The number of aromatic hydroxyl groups is 1. The Kier molecular flexibility index (Phi) is 6.12. The molecule has 0 amide bonds. The van der Waals surface area contributed by atoms with E-state index in [0.717, 1.165) is 28.0 Å². The molecule has 3 heteroatoms. The quantitative estimate of drug-likeness (QED) is 0.544. The van der Waals surface area contributed by atoms with Crippen LogP contribution in [0.25, 0.3) is 5.57 Å². The van der Waals surface area contributed by atoms with Crippen molar-refractivity contribution in [2.24, 2.45) is 5.92 Å². The lowest BCUT2D eigenvalue weighted by Gasteiger charge is -2.33. The smallest absolute Gasteiger partial charge is 0.132 e. The highest BCUT2D eigenvalue weighted by Gasteiger charge is 2.30. The van der Waals surface area contributed by atoms with Gasteiger partial charge in [-0.2, -0.15) is 0 Å². The third kappa shape index (κ3) is 4.40. The predicted octanol–water partition coefficient (Wildman–Crippen LogP) is 6.71.